The minimum Gasteiger partial charge on any atom is -0.362 e. The molecular formula is C26H28N2O2. The summed E-state index contributed by atoms with van der Waals surface area (Å²) in [6, 6.07) is 17.6. The minimum atomic E-state index is -0.366. The Balaban J connectivity index is 1.80. The molecule has 0 radical (unpaired) electrons. The summed E-state index contributed by atoms with van der Waals surface area (Å²) < 4.78 is 0. The number of anilines is 1. The van der Waals surface area contributed by atoms with Gasteiger partial charge in [-0.25, -0.2) is 0 Å². The zero-order valence-corrected chi connectivity index (χ0v) is 18.0. The molecule has 0 bridgehead atoms. The van der Waals surface area contributed by atoms with Crippen molar-refractivity contribution in [1.29, 1.82) is 0 Å². The lowest BCUT2D eigenvalue weighted by Crippen LogP contribution is -2.39. The molecule has 30 heavy (non-hydrogen) atoms. The average Bonchev–Trinajstić information content (AvgIpc) is 2.68. The van der Waals surface area contributed by atoms with Crippen molar-refractivity contribution in [1.82, 2.24) is 5.32 Å². The quantitative estimate of drug-likeness (QED) is 0.741. The lowest BCUT2D eigenvalue weighted by molar-refractivity contribution is -0.118. The van der Waals surface area contributed by atoms with Crippen LogP contribution >= 0.6 is 0 Å². The first-order valence-electron chi connectivity index (χ1n) is 10.4. The van der Waals surface area contributed by atoms with Crippen molar-refractivity contribution < 1.29 is 9.59 Å². The van der Waals surface area contributed by atoms with Crippen molar-refractivity contribution in [2.45, 2.75) is 46.5 Å². The van der Waals surface area contributed by atoms with E-state index in [9.17, 15) is 9.59 Å². The number of Topliss-reactive ketones (excluding diaryl/α,β-unsaturated/α-hetero) is 1. The third-order valence-electron chi connectivity index (χ3n) is 6.01. The third kappa shape index (κ3) is 3.70. The predicted octanol–water partition coefficient (Wildman–Crippen LogP) is 5.24. The van der Waals surface area contributed by atoms with Crippen molar-refractivity contribution in [2.24, 2.45) is 5.41 Å². The molecule has 154 valence electrons. The van der Waals surface area contributed by atoms with Crippen molar-refractivity contribution in [3.8, 4) is 0 Å². The molecule has 4 heteroatoms. The Labute approximate surface area is 178 Å². The van der Waals surface area contributed by atoms with Crippen LogP contribution < -0.4 is 10.6 Å². The third-order valence-corrected chi connectivity index (χ3v) is 6.01. The lowest BCUT2D eigenvalue weighted by Gasteiger charge is -2.39. The number of ketones is 1. The van der Waals surface area contributed by atoms with E-state index < -0.39 is 0 Å². The zero-order chi connectivity index (χ0) is 21.5. The van der Waals surface area contributed by atoms with Gasteiger partial charge in [0.2, 0.25) is 0 Å². The largest absolute Gasteiger partial charge is 0.362 e. The Bertz CT molecular complexity index is 1080. The van der Waals surface area contributed by atoms with Gasteiger partial charge < -0.3 is 10.6 Å². The Morgan fingerprint density at radius 2 is 1.67 bits per heavy atom. The Morgan fingerprint density at radius 1 is 1.00 bits per heavy atom. The summed E-state index contributed by atoms with van der Waals surface area (Å²) in [5, 5.41) is 6.48. The van der Waals surface area contributed by atoms with Crippen LogP contribution in [0.3, 0.4) is 0 Å². The first-order valence-corrected chi connectivity index (χ1v) is 10.4. The number of allylic oxidation sites excluding steroid dienone is 3. The van der Waals surface area contributed by atoms with E-state index in [0.29, 0.717) is 12.0 Å². The molecule has 1 heterocycles. The Kier molecular flexibility index (Phi) is 5.10. The zero-order valence-electron chi connectivity index (χ0n) is 18.0. The summed E-state index contributed by atoms with van der Waals surface area (Å²) in [6.45, 7) is 8.14. The molecule has 2 N–H and O–H groups in total. The fourth-order valence-corrected chi connectivity index (χ4v) is 4.62. The molecule has 0 saturated carbocycles. The normalized spacial score (nSPS) is 20.5. The van der Waals surface area contributed by atoms with Crippen molar-refractivity contribution >= 4 is 17.4 Å². The van der Waals surface area contributed by atoms with Gasteiger partial charge in [0.15, 0.2) is 5.78 Å². The molecular weight excluding hydrogens is 372 g/mol. The van der Waals surface area contributed by atoms with Crippen LogP contribution in [-0.2, 0) is 9.59 Å². The molecule has 1 aliphatic heterocycles. The fraction of sp³-hybridized carbons (Fsp3) is 0.308. The van der Waals surface area contributed by atoms with E-state index >= 15 is 0 Å². The number of dihydropyridines is 1. The molecule has 0 unspecified atom stereocenters. The molecule has 1 aliphatic carbocycles. The summed E-state index contributed by atoms with van der Waals surface area (Å²) in [7, 11) is 0. The van der Waals surface area contributed by atoms with Crippen LogP contribution in [0, 0.1) is 12.3 Å². The van der Waals surface area contributed by atoms with Gasteiger partial charge >= 0.3 is 0 Å². The number of hydrogen-bond donors (Lipinski definition) is 2. The SMILES string of the molecule is CC1=C(C(=O)Nc2ccccc2C)[C@@H](c2ccccc2)C2=C(CC(C)(C)CC2=O)N1. The van der Waals surface area contributed by atoms with Crippen LogP contribution in [0.1, 0.15) is 50.7 Å². The van der Waals surface area contributed by atoms with Crippen LogP contribution in [0.15, 0.2) is 77.1 Å². The second kappa shape index (κ2) is 7.60. The molecule has 1 amide bonds. The highest BCUT2D eigenvalue weighted by molar-refractivity contribution is 6.10. The summed E-state index contributed by atoms with van der Waals surface area (Å²) in [6.07, 6.45) is 1.28. The van der Waals surface area contributed by atoms with E-state index in [0.717, 1.165) is 40.2 Å². The van der Waals surface area contributed by atoms with E-state index in [1.807, 2.05) is 68.4 Å². The second-order valence-electron chi connectivity index (χ2n) is 9.11. The monoisotopic (exact) mass is 400 g/mol. The van der Waals surface area contributed by atoms with Crippen LogP contribution in [0.4, 0.5) is 5.69 Å². The van der Waals surface area contributed by atoms with Gasteiger partial charge in [-0.3, -0.25) is 9.59 Å². The van der Waals surface area contributed by atoms with Crippen LogP contribution in [0.25, 0.3) is 0 Å². The van der Waals surface area contributed by atoms with Gasteiger partial charge in [-0.2, -0.15) is 0 Å². The minimum absolute atomic E-state index is 0.0919. The van der Waals surface area contributed by atoms with Gasteiger partial charge in [-0.05, 0) is 42.9 Å². The van der Waals surface area contributed by atoms with Gasteiger partial charge in [0.25, 0.3) is 5.91 Å². The first-order chi connectivity index (χ1) is 14.3. The van der Waals surface area contributed by atoms with E-state index in [2.05, 4.69) is 24.5 Å². The molecule has 2 aromatic carbocycles. The number of carbonyl (C=O) groups is 2. The van der Waals surface area contributed by atoms with Gasteiger partial charge in [0.05, 0.1) is 0 Å². The number of benzene rings is 2. The van der Waals surface area contributed by atoms with Gasteiger partial charge in [0, 0.05) is 40.6 Å². The van der Waals surface area contributed by atoms with Crippen molar-refractivity contribution in [2.75, 3.05) is 5.32 Å². The number of hydrogen-bond acceptors (Lipinski definition) is 3. The highest BCUT2D eigenvalue weighted by Gasteiger charge is 2.42. The number of carbonyl (C=O) groups excluding carboxylic acids is 2. The highest BCUT2D eigenvalue weighted by atomic mass is 16.2. The van der Waals surface area contributed by atoms with Gasteiger partial charge in [0.1, 0.15) is 0 Å². The first kappa shape index (κ1) is 20.1. The maximum absolute atomic E-state index is 13.5. The number of nitrogens with one attached hydrogen (secondary N) is 2. The molecule has 0 aromatic heterocycles. The van der Waals surface area contributed by atoms with E-state index in [4.69, 9.17) is 0 Å². The summed E-state index contributed by atoms with van der Waals surface area (Å²) in [5.74, 6) is -0.418. The number of rotatable bonds is 3. The van der Waals surface area contributed by atoms with Crippen LogP contribution in [-0.4, -0.2) is 11.7 Å². The number of amides is 1. The van der Waals surface area contributed by atoms with Gasteiger partial charge in [-0.1, -0.05) is 62.4 Å². The smallest absolute Gasteiger partial charge is 0.254 e. The molecule has 0 spiro atoms. The van der Waals surface area contributed by atoms with Crippen LogP contribution in [0.2, 0.25) is 0 Å². The molecule has 2 aromatic rings. The maximum atomic E-state index is 13.5. The van der Waals surface area contributed by atoms with E-state index in [-0.39, 0.29) is 23.0 Å². The van der Waals surface area contributed by atoms with E-state index in [1.54, 1.807) is 0 Å². The van der Waals surface area contributed by atoms with Gasteiger partial charge in [-0.15, -0.1) is 0 Å². The predicted molar refractivity (Wildman–Crippen MR) is 120 cm³/mol. The van der Waals surface area contributed by atoms with Crippen LogP contribution in [0.5, 0.6) is 0 Å². The molecule has 4 rings (SSSR count). The average molecular weight is 401 g/mol. The summed E-state index contributed by atoms with van der Waals surface area (Å²) in [4.78, 5) is 26.7. The molecule has 0 saturated heterocycles. The molecule has 1 atom stereocenters. The van der Waals surface area contributed by atoms with E-state index in [1.165, 1.54) is 0 Å². The second-order valence-corrected chi connectivity index (χ2v) is 9.11. The van der Waals surface area contributed by atoms with Crippen molar-refractivity contribution in [3.05, 3.63) is 88.3 Å². The fourth-order valence-electron chi connectivity index (χ4n) is 4.62. The topological polar surface area (TPSA) is 58.2 Å². The maximum Gasteiger partial charge on any atom is 0.254 e. The molecule has 0 fully saturated rings. The Morgan fingerprint density at radius 3 is 2.37 bits per heavy atom. The Hall–Kier alpha value is -3.14. The summed E-state index contributed by atoms with van der Waals surface area (Å²) >= 11 is 0. The van der Waals surface area contributed by atoms with Crippen molar-refractivity contribution in [3.63, 3.8) is 0 Å². The number of para-hydroxylation sites is 1. The molecule has 2 aliphatic rings. The molecule has 4 nitrogen and oxygen atoms in total. The number of aryl methyl sites for hydroxylation is 1. The standard InChI is InChI=1S/C26H28N2O2/c1-16-10-8-9-13-19(16)28-25(30)22-17(2)27-20-14-26(3,4)15-21(29)24(20)23(22)18-11-6-5-7-12-18/h5-13,23,27H,14-15H2,1-4H3,(H,28,30)/t23-/m1/s1. The highest BCUT2D eigenvalue weighted by Crippen LogP contribution is 2.46. The lowest BCUT2D eigenvalue weighted by atomic mass is 9.68. The summed E-state index contributed by atoms with van der Waals surface area (Å²) in [5.41, 5.74) is 5.76.